The van der Waals surface area contributed by atoms with Crippen LogP contribution in [0.2, 0.25) is 0 Å². The van der Waals surface area contributed by atoms with Crippen LogP contribution in [0.1, 0.15) is 5.69 Å². The fourth-order valence-electron chi connectivity index (χ4n) is 1.60. The lowest BCUT2D eigenvalue weighted by atomic mass is 10.4. The minimum atomic E-state index is -0.379. The van der Waals surface area contributed by atoms with E-state index in [0.29, 0.717) is 14.8 Å². The summed E-state index contributed by atoms with van der Waals surface area (Å²) < 4.78 is 3.51. The Hall–Kier alpha value is -1.48. The fourth-order valence-corrected chi connectivity index (χ4v) is 2.17. The first-order valence-corrected chi connectivity index (χ1v) is 7.18. The molecule has 7 nitrogen and oxygen atoms in total. The average Bonchev–Trinajstić information content (AvgIpc) is 2.68. The van der Waals surface area contributed by atoms with Crippen molar-refractivity contribution < 1.29 is 4.79 Å². The van der Waals surface area contributed by atoms with Crippen LogP contribution in [0.3, 0.4) is 0 Å². The van der Waals surface area contributed by atoms with Gasteiger partial charge in [0, 0.05) is 13.1 Å². The van der Waals surface area contributed by atoms with Gasteiger partial charge < -0.3 is 5.32 Å². The second kappa shape index (κ2) is 5.88. The Morgan fingerprint density at radius 1 is 1.45 bits per heavy atom. The van der Waals surface area contributed by atoms with Crippen molar-refractivity contribution in [2.24, 2.45) is 7.05 Å². The van der Waals surface area contributed by atoms with E-state index >= 15 is 0 Å². The van der Waals surface area contributed by atoms with Crippen LogP contribution in [0, 0.1) is 6.92 Å². The van der Waals surface area contributed by atoms with E-state index < -0.39 is 0 Å². The van der Waals surface area contributed by atoms with Gasteiger partial charge in [0.25, 0.3) is 5.56 Å². The SMILES string of the molecule is Cc1cc(NC(=O)Cn2ncc(Br)c(Br)c2=O)n(C)n1. The Balaban J connectivity index is 2.15. The van der Waals surface area contributed by atoms with Crippen LogP contribution < -0.4 is 10.9 Å². The molecule has 0 aromatic carbocycles. The molecule has 1 N–H and O–H groups in total. The van der Waals surface area contributed by atoms with E-state index in [0.717, 1.165) is 10.4 Å². The molecule has 9 heteroatoms. The van der Waals surface area contributed by atoms with Gasteiger partial charge in [-0.25, -0.2) is 4.68 Å². The smallest absolute Gasteiger partial charge is 0.282 e. The average molecular weight is 405 g/mol. The number of hydrogen-bond donors (Lipinski definition) is 1. The standard InChI is InChI=1S/C11H11Br2N5O2/c1-6-3-8(17(2)16-6)15-9(19)5-18-11(20)10(13)7(12)4-14-18/h3-4H,5H2,1-2H3,(H,15,19). The van der Waals surface area contributed by atoms with Gasteiger partial charge in [-0.3, -0.25) is 14.3 Å². The van der Waals surface area contributed by atoms with Crippen molar-refractivity contribution in [2.45, 2.75) is 13.5 Å². The van der Waals surface area contributed by atoms with Crippen molar-refractivity contribution >= 4 is 43.6 Å². The quantitative estimate of drug-likeness (QED) is 0.839. The Bertz CT molecular complexity index is 722. The van der Waals surface area contributed by atoms with Gasteiger partial charge in [-0.15, -0.1) is 0 Å². The number of nitrogens with zero attached hydrogens (tertiary/aromatic N) is 4. The molecule has 2 rings (SSSR count). The minimum Gasteiger partial charge on any atom is -0.309 e. The molecular weight excluding hydrogens is 394 g/mol. The maximum absolute atomic E-state index is 11.9. The highest BCUT2D eigenvalue weighted by Gasteiger charge is 2.12. The van der Waals surface area contributed by atoms with Crippen molar-refractivity contribution in [3.63, 3.8) is 0 Å². The van der Waals surface area contributed by atoms with Crippen LogP contribution in [0.5, 0.6) is 0 Å². The zero-order valence-electron chi connectivity index (χ0n) is 10.7. The Morgan fingerprint density at radius 3 is 2.75 bits per heavy atom. The third kappa shape index (κ3) is 3.15. The maximum Gasteiger partial charge on any atom is 0.282 e. The molecule has 106 valence electrons. The van der Waals surface area contributed by atoms with E-state index in [1.54, 1.807) is 17.8 Å². The van der Waals surface area contributed by atoms with Gasteiger partial charge in [0.2, 0.25) is 5.91 Å². The van der Waals surface area contributed by atoms with Gasteiger partial charge in [-0.1, -0.05) is 0 Å². The molecule has 0 aliphatic carbocycles. The summed E-state index contributed by atoms with van der Waals surface area (Å²) in [5.41, 5.74) is 0.417. The molecule has 2 aromatic heterocycles. The number of carbonyl (C=O) groups is 1. The molecule has 1 amide bonds. The van der Waals surface area contributed by atoms with Crippen molar-refractivity contribution in [3.05, 3.63) is 37.3 Å². The molecule has 0 radical (unpaired) electrons. The molecule has 2 aromatic rings. The summed E-state index contributed by atoms with van der Waals surface area (Å²) in [6.45, 7) is 1.66. The van der Waals surface area contributed by atoms with Crippen molar-refractivity contribution in [1.29, 1.82) is 0 Å². The van der Waals surface area contributed by atoms with Crippen LogP contribution in [0.4, 0.5) is 5.82 Å². The number of carbonyl (C=O) groups excluding carboxylic acids is 1. The lowest BCUT2D eigenvalue weighted by Crippen LogP contribution is -2.30. The molecule has 20 heavy (non-hydrogen) atoms. The molecule has 0 saturated carbocycles. The van der Waals surface area contributed by atoms with E-state index in [4.69, 9.17) is 0 Å². The first-order chi connectivity index (χ1) is 9.38. The summed E-state index contributed by atoms with van der Waals surface area (Å²) in [5, 5.41) is 10.7. The van der Waals surface area contributed by atoms with E-state index in [1.807, 2.05) is 6.92 Å². The number of aromatic nitrogens is 4. The Kier molecular flexibility index (Phi) is 4.39. The Morgan fingerprint density at radius 2 is 2.15 bits per heavy atom. The maximum atomic E-state index is 11.9. The lowest BCUT2D eigenvalue weighted by Gasteiger charge is -2.07. The second-order valence-electron chi connectivity index (χ2n) is 4.11. The Labute approximate surface area is 131 Å². The summed E-state index contributed by atoms with van der Waals surface area (Å²) in [6.07, 6.45) is 1.45. The van der Waals surface area contributed by atoms with E-state index in [-0.39, 0.29) is 18.0 Å². The zero-order chi connectivity index (χ0) is 14.9. The van der Waals surface area contributed by atoms with Gasteiger partial charge in [0.05, 0.1) is 16.4 Å². The number of halogens is 2. The number of rotatable bonds is 3. The molecule has 0 spiro atoms. The number of nitrogens with one attached hydrogen (secondary N) is 1. The molecule has 2 heterocycles. The molecule has 0 atom stereocenters. The highest BCUT2D eigenvalue weighted by Crippen LogP contribution is 2.16. The number of aryl methyl sites for hydroxylation is 2. The van der Waals surface area contributed by atoms with Gasteiger partial charge in [0.15, 0.2) is 0 Å². The molecule has 0 saturated heterocycles. The van der Waals surface area contributed by atoms with E-state index in [1.165, 1.54) is 6.20 Å². The van der Waals surface area contributed by atoms with Crippen molar-refractivity contribution in [2.75, 3.05) is 5.32 Å². The molecule has 0 aliphatic rings. The topological polar surface area (TPSA) is 81.8 Å². The molecular formula is C11H11Br2N5O2. The van der Waals surface area contributed by atoms with Crippen LogP contribution in [0.25, 0.3) is 0 Å². The number of hydrogen-bond acceptors (Lipinski definition) is 4. The van der Waals surface area contributed by atoms with Crippen molar-refractivity contribution in [3.8, 4) is 0 Å². The summed E-state index contributed by atoms with van der Waals surface area (Å²) in [7, 11) is 1.73. The largest absolute Gasteiger partial charge is 0.309 e. The van der Waals surface area contributed by atoms with E-state index in [9.17, 15) is 9.59 Å². The fraction of sp³-hybridized carbons (Fsp3) is 0.273. The lowest BCUT2D eigenvalue weighted by molar-refractivity contribution is -0.117. The summed E-state index contributed by atoms with van der Waals surface area (Å²) in [6, 6.07) is 1.74. The predicted octanol–water partition coefficient (Wildman–Crippen LogP) is 1.45. The number of amides is 1. The third-order valence-electron chi connectivity index (χ3n) is 2.51. The summed E-state index contributed by atoms with van der Waals surface area (Å²) in [5.74, 6) is 0.216. The molecule has 0 unspecified atom stereocenters. The monoisotopic (exact) mass is 403 g/mol. The second-order valence-corrected chi connectivity index (χ2v) is 5.76. The molecule has 0 fully saturated rings. The summed E-state index contributed by atoms with van der Waals surface area (Å²) >= 11 is 6.31. The predicted molar refractivity (Wildman–Crippen MR) is 80.5 cm³/mol. The minimum absolute atomic E-state index is 0.172. The molecule has 0 aliphatic heterocycles. The number of anilines is 1. The highest BCUT2D eigenvalue weighted by molar-refractivity contribution is 9.13. The first kappa shape index (κ1) is 14.9. The van der Waals surface area contributed by atoms with Gasteiger partial charge in [0.1, 0.15) is 16.8 Å². The third-order valence-corrected chi connectivity index (χ3v) is 4.40. The first-order valence-electron chi connectivity index (χ1n) is 5.60. The van der Waals surface area contributed by atoms with Gasteiger partial charge in [-0.05, 0) is 38.8 Å². The zero-order valence-corrected chi connectivity index (χ0v) is 13.9. The van der Waals surface area contributed by atoms with E-state index in [2.05, 4.69) is 47.4 Å². The van der Waals surface area contributed by atoms with Crippen LogP contribution >= 0.6 is 31.9 Å². The highest BCUT2D eigenvalue weighted by atomic mass is 79.9. The molecule has 0 bridgehead atoms. The van der Waals surface area contributed by atoms with Gasteiger partial charge >= 0.3 is 0 Å². The normalized spacial score (nSPS) is 10.6. The van der Waals surface area contributed by atoms with Crippen LogP contribution in [-0.2, 0) is 18.4 Å². The van der Waals surface area contributed by atoms with Crippen LogP contribution in [-0.4, -0.2) is 25.5 Å². The van der Waals surface area contributed by atoms with Crippen LogP contribution in [0.15, 0.2) is 26.0 Å². The van der Waals surface area contributed by atoms with Gasteiger partial charge in [-0.2, -0.15) is 10.2 Å². The van der Waals surface area contributed by atoms with Crippen molar-refractivity contribution in [1.82, 2.24) is 19.6 Å². The summed E-state index contributed by atoms with van der Waals surface area (Å²) in [4.78, 5) is 23.8.